The van der Waals surface area contributed by atoms with Gasteiger partial charge in [0.2, 0.25) is 0 Å². The molecule has 4 heteroatoms. The number of hydrogen-bond acceptors (Lipinski definition) is 2. The van der Waals surface area contributed by atoms with Crippen LogP contribution in [0.4, 0.5) is 0 Å². The third-order valence-corrected chi connectivity index (χ3v) is 3.17. The van der Waals surface area contributed by atoms with Crippen molar-refractivity contribution in [3.05, 3.63) is 32.9 Å². The Morgan fingerprint density at radius 1 is 1.62 bits per heavy atom. The van der Waals surface area contributed by atoms with Gasteiger partial charge in [-0.05, 0) is 53.3 Å². The smallest absolute Gasteiger partial charge is 0.337 e. The minimum atomic E-state index is -0.213. The van der Waals surface area contributed by atoms with Crippen LogP contribution in [0, 0.1) is 10.5 Å². The van der Waals surface area contributed by atoms with Gasteiger partial charge in [-0.3, -0.25) is 0 Å². The summed E-state index contributed by atoms with van der Waals surface area (Å²) in [6.07, 6.45) is 0.559. The van der Waals surface area contributed by atoms with Crippen molar-refractivity contribution in [3.63, 3.8) is 0 Å². The van der Waals surface area contributed by atoms with Crippen LogP contribution in [0.3, 0.4) is 0 Å². The van der Waals surface area contributed by atoms with Crippen molar-refractivity contribution >= 4 is 38.8 Å². The van der Waals surface area contributed by atoms with Gasteiger partial charge in [-0.15, -0.1) is 0 Å². The summed E-state index contributed by atoms with van der Waals surface area (Å²) >= 11 is 2.24. The van der Waals surface area contributed by atoms with Crippen LogP contribution in [0.25, 0.3) is 0 Å². The van der Waals surface area contributed by atoms with Crippen LogP contribution in [-0.2, 0) is 4.74 Å². The average Bonchev–Trinajstić information content (AvgIpc) is 2.10. The zero-order valence-electron chi connectivity index (χ0n) is 7.63. The van der Waals surface area contributed by atoms with E-state index in [1.165, 1.54) is 3.57 Å². The summed E-state index contributed by atoms with van der Waals surface area (Å²) in [4.78, 5) is 11.3. The average molecular weight is 306 g/mol. The van der Waals surface area contributed by atoms with Crippen molar-refractivity contribution in [2.24, 2.45) is 0 Å². The molecule has 0 heterocycles. The molecule has 70 valence electrons. The minimum absolute atomic E-state index is 0.213. The molecule has 0 radical (unpaired) electrons. The second-order valence-corrected chi connectivity index (χ2v) is 4.42. The van der Waals surface area contributed by atoms with E-state index in [4.69, 9.17) is 4.74 Å². The Morgan fingerprint density at radius 2 is 2.31 bits per heavy atom. The summed E-state index contributed by atoms with van der Waals surface area (Å²) < 4.78 is 6.11. The molecule has 13 heavy (non-hydrogen) atoms. The third-order valence-electron chi connectivity index (χ3n) is 1.67. The lowest BCUT2D eigenvalue weighted by molar-refractivity contribution is 0.0573. The van der Waals surface area contributed by atoms with E-state index in [1.807, 2.05) is 19.1 Å². The molecular formula is C9H11IO2Si. The van der Waals surface area contributed by atoms with Crippen LogP contribution < -0.4 is 0 Å². The van der Waals surface area contributed by atoms with Crippen molar-refractivity contribution < 1.29 is 9.53 Å². The molecule has 1 aromatic rings. The number of aryl methyl sites for hydroxylation is 1. The molecule has 1 aromatic carbocycles. The summed E-state index contributed by atoms with van der Waals surface area (Å²) in [6.45, 7) is 1.99. The molecule has 1 rings (SSSR count). The highest BCUT2D eigenvalue weighted by atomic mass is 127. The van der Waals surface area contributed by atoms with Crippen LogP contribution in [0.1, 0.15) is 15.9 Å². The van der Waals surface area contributed by atoms with Gasteiger partial charge in [0.1, 0.15) is 0 Å². The third kappa shape index (κ3) is 2.80. The molecule has 0 N–H and O–H groups in total. The number of hydrogen-bond donors (Lipinski definition) is 0. The van der Waals surface area contributed by atoms with Gasteiger partial charge >= 0.3 is 5.97 Å². The number of esters is 1. The van der Waals surface area contributed by atoms with E-state index in [0.29, 0.717) is 11.8 Å². The van der Waals surface area contributed by atoms with E-state index in [2.05, 4.69) is 22.6 Å². The van der Waals surface area contributed by atoms with Gasteiger partial charge in [-0.1, -0.05) is 0 Å². The first-order valence-electron chi connectivity index (χ1n) is 4.08. The molecule has 2 nitrogen and oxygen atoms in total. The normalized spacial score (nSPS) is 10.0. The molecule has 0 amide bonds. The first-order chi connectivity index (χ1) is 6.15. The molecule has 0 fully saturated rings. The topological polar surface area (TPSA) is 26.3 Å². The monoisotopic (exact) mass is 306 g/mol. The second kappa shape index (κ2) is 4.76. The number of benzene rings is 1. The standard InChI is InChI=1S/C9H11IO2Si/c1-6-4-7(2-3-8(6)10)9(11)12-5-13/h2-4H,5H2,1,13H3. The Hall–Kier alpha value is -0.363. The van der Waals surface area contributed by atoms with Crippen LogP contribution in [0.15, 0.2) is 18.2 Å². The highest BCUT2D eigenvalue weighted by Gasteiger charge is 2.06. The van der Waals surface area contributed by atoms with Gasteiger partial charge in [-0.25, -0.2) is 4.79 Å². The van der Waals surface area contributed by atoms with Crippen molar-refractivity contribution in [1.82, 2.24) is 0 Å². The van der Waals surface area contributed by atoms with Crippen LogP contribution >= 0.6 is 22.6 Å². The van der Waals surface area contributed by atoms with Gasteiger partial charge in [-0.2, -0.15) is 0 Å². The minimum Gasteiger partial charge on any atom is -0.467 e. The molecule has 0 aliphatic carbocycles. The predicted molar refractivity (Wildman–Crippen MR) is 64.1 cm³/mol. The van der Waals surface area contributed by atoms with E-state index < -0.39 is 0 Å². The van der Waals surface area contributed by atoms with Crippen molar-refractivity contribution in [3.8, 4) is 0 Å². The van der Waals surface area contributed by atoms with Gasteiger partial charge in [0.05, 0.1) is 22.0 Å². The number of carbonyl (C=O) groups excluding carboxylic acids is 1. The Morgan fingerprint density at radius 3 is 2.85 bits per heavy atom. The zero-order chi connectivity index (χ0) is 9.84. The summed E-state index contributed by atoms with van der Waals surface area (Å²) in [5.74, 6) is -0.213. The molecule has 0 saturated heterocycles. The van der Waals surface area contributed by atoms with Crippen LogP contribution in [0.2, 0.25) is 0 Å². The van der Waals surface area contributed by atoms with E-state index in [-0.39, 0.29) is 5.97 Å². The van der Waals surface area contributed by atoms with E-state index in [1.54, 1.807) is 6.07 Å². The summed E-state index contributed by atoms with van der Waals surface area (Å²) in [7, 11) is 0.890. The van der Waals surface area contributed by atoms with Gasteiger partial charge in [0.25, 0.3) is 0 Å². The maximum Gasteiger partial charge on any atom is 0.337 e. The molecule has 0 bridgehead atoms. The molecular weight excluding hydrogens is 295 g/mol. The fourth-order valence-electron chi connectivity index (χ4n) is 0.986. The number of halogens is 1. The summed E-state index contributed by atoms with van der Waals surface area (Å²) in [6, 6.07) is 5.59. The molecule has 0 saturated carbocycles. The Kier molecular flexibility index (Phi) is 3.92. The molecule has 0 atom stereocenters. The lowest BCUT2D eigenvalue weighted by Crippen LogP contribution is -2.06. The lowest BCUT2D eigenvalue weighted by atomic mass is 10.1. The first-order valence-corrected chi connectivity index (χ1v) is 6.57. The second-order valence-electron chi connectivity index (χ2n) is 2.68. The fraction of sp³-hybridized carbons (Fsp3) is 0.222. The van der Waals surface area contributed by atoms with E-state index in [9.17, 15) is 4.79 Å². The molecule has 0 aliphatic rings. The van der Waals surface area contributed by atoms with E-state index >= 15 is 0 Å². The Balaban J connectivity index is 2.90. The number of carbonyl (C=O) groups is 1. The molecule has 0 aromatic heterocycles. The number of ether oxygens (including phenoxy) is 1. The lowest BCUT2D eigenvalue weighted by Gasteiger charge is -2.03. The first kappa shape index (κ1) is 10.7. The fourth-order valence-corrected chi connectivity index (χ4v) is 1.58. The van der Waals surface area contributed by atoms with Crippen LogP contribution in [-0.4, -0.2) is 22.4 Å². The quantitative estimate of drug-likeness (QED) is 0.464. The van der Waals surface area contributed by atoms with Crippen molar-refractivity contribution in [1.29, 1.82) is 0 Å². The highest BCUT2D eigenvalue weighted by molar-refractivity contribution is 14.1. The van der Waals surface area contributed by atoms with E-state index in [0.717, 1.165) is 15.8 Å². The van der Waals surface area contributed by atoms with Crippen LogP contribution in [0.5, 0.6) is 0 Å². The maximum atomic E-state index is 11.3. The molecule has 0 unspecified atom stereocenters. The zero-order valence-corrected chi connectivity index (χ0v) is 11.8. The molecule has 0 aliphatic heterocycles. The predicted octanol–water partition coefficient (Wildman–Crippen LogP) is 1.08. The summed E-state index contributed by atoms with van der Waals surface area (Å²) in [5.41, 5.74) is 1.76. The van der Waals surface area contributed by atoms with Gasteiger partial charge in [0.15, 0.2) is 0 Å². The Labute approximate surface area is 94.2 Å². The highest BCUT2D eigenvalue weighted by Crippen LogP contribution is 2.13. The number of rotatable bonds is 2. The largest absolute Gasteiger partial charge is 0.467 e. The van der Waals surface area contributed by atoms with Gasteiger partial charge in [0, 0.05) is 3.57 Å². The van der Waals surface area contributed by atoms with Gasteiger partial charge < -0.3 is 4.74 Å². The van der Waals surface area contributed by atoms with Crippen molar-refractivity contribution in [2.45, 2.75) is 6.92 Å². The SMILES string of the molecule is Cc1cc(C(=O)OC[SiH3])ccc1I. The summed E-state index contributed by atoms with van der Waals surface area (Å²) in [5, 5.41) is 0. The Bertz CT molecular complexity index is 325. The maximum absolute atomic E-state index is 11.3. The molecule has 0 spiro atoms. The van der Waals surface area contributed by atoms with Crippen molar-refractivity contribution in [2.75, 3.05) is 6.23 Å².